The van der Waals surface area contributed by atoms with E-state index in [0.717, 1.165) is 36.6 Å². The van der Waals surface area contributed by atoms with Gasteiger partial charge in [-0.3, -0.25) is 9.89 Å². The number of carbonyl (C=O) groups excluding carboxylic acids is 1. The molecule has 1 saturated heterocycles. The van der Waals surface area contributed by atoms with Crippen molar-refractivity contribution in [3.8, 4) is 11.4 Å². The van der Waals surface area contributed by atoms with E-state index in [1.807, 2.05) is 24.3 Å². The minimum absolute atomic E-state index is 0.0762. The van der Waals surface area contributed by atoms with Crippen LogP contribution in [0.2, 0.25) is 0 Å². The van der Waals surface area contributed by atoms with Gasteiger partial charge >= 0.3 is 0 Å². The summed E-state index contributed by atoms with van der Waals surface area (Å²) in [6, 6.07) is 7.54. The summed E-state index contributed by atoms with van der Waals surface area (Å²) < 4.78 is 0. The summed E-state index contributed by atoms with van der Waals surface area (Å²) in [5.41, 5.74) is 1.72. The molecule has 3 N–H and O–H groups in total. The predicted octanol–water partition coefficient (Wildman–Crippen LogP) is 1.90. The quantitative estimate of drug-likeness (QED) is 0.804. The minimum atomic E-state index is -0.0762. The van der Waals surface area contributed by atoms with Crippen LogP contribution in [-0.2, 0) is 4.79 Å². The highest BCUT2D eigenvalue weighted by Gasteiger charge is 2.19. The van der Waals surface area contributed by atoms with Crippen LogP contribution in [0.15, 0.2) is 24.3 Å². The SMILES string of the molecule is CC(=O)Nc1ccc(-c2n[nH]c(C3CCCNC3)n2)cc1. The maximum Gasteiger partial charge on any atom is 0.221 e. The fourth-order valence-corrected chi connectivity index (χ4v) is 2.58. The van der Waals surface area contributed by atoms with Gasteiger partial charge in [0.1, 0.15) is 5.82 Å². The molecule has 110 valence electrons. The largest absolute Gasteiger partial charge is 0.326 e. The Bertz CT molecular complexity index is 613. The predicted molar refractivity (Wildman–Crippen MR) is 81.0 cm³/mol. The lowest BCUT2D eigenvalue weighted by atomic mass is 9.99. The van der Waals surface area contributed by atoms with Crippen molar-refractivity contribution in [1.29, 1.82) is 0 Å². The molecule has 0 spiro atoms. The Kier molecular flexibility index (Phi) is 3.96. The number of H-pyrrole nitrogens is 1. The lowest BCUT2D eigenvalue weighted by Crippen LogP contribution is -2.28. The van der Waals surface area contributed by atoms with Gasteiger partial charge in [-0.2, -0.15) is 5.10 Å². The Morgan fingerprint density at radius 1 is 1.33 bits per heavy atom. The smallest absolute Gasteiger partial charge is 0.221 e. The van der Waals surface area contributed by atoms with E-state index in [9.17, 15) is 4.79 Å². The van der Waals surface area contributed by atoms with Crippen molar-refractivity contribution in [3.05, 3.63) is 30.1 Å². The summed E-state index contributed by atoms with van der Waals surface area (Å²) in [4.78, 5) is 15.6. The molecule has 0 saturated carbocycles. The molecule has 1 aromatic heterocycles. The molecule has 1 aliphatic rings. The Morgan fingerprint density at radius 3 is 2.81 bits per heavy atom. The zero-order valence-electron chi connectivity index (χ0n) is 12.0. The van der Waals surface area contributed by atoms with Crippen LogP contribution in [0, 0.1) is 0 Å². The van der Waals surface area contributed by atoms with E-state index in [2.05, 4.69) is 25.8 Å². The maximum absolute atomic E-state index is 11.0. The lowest BCUT2D eigenvalue weighted by molar-refractivity contribution is -0.114. The molecule has 0 radical (unpaired) electrons. The highest BCUT2D eigenvalue weighted by molar-refractivity contribution is 5.88. The highest BCUT2D eigenvalue weighted by atomic mass is 16.1. The van der Waals surface area contributed by atoms with Gasteiger partial charge in [0, 0.05) is 30.6 Å². The number of anilines is 1. The van der Waals surface area contributed by atoms with Crippen molar-refractivity contribution in [2.45, 2.75) is 25.7 Å². The van der Waals surface area contributed by atoms with Crippen LogP contribution in [0.3, 0.4) is 0 Å². The van der Waals surface area contributed by atoms with Crippen molar-refractivity contribution in [2.75, 3.05) is 18.4 Å². The van der Waals surface area contributed by atoms with Crippen molar-refractivity contribution >= 4 is 11.6 Å². The summed E-state index contributed by atoms with van der Waals surface area (Å²) in [5, 5.41) is 13.5. The van der Waals surface area contributed by atoms with Crippen molar-refractivity contribution in [1.82, 2.24) is 20.5 Å². The van der Waals surface area contributed by atoms with Crippen molar-refractivity contribution in [3.63, 3.8) is 0 Å². The Labute approximate surface area is 123 Å². The average molecular weight is 285 g/mol. The number of carbonyl (C=O) groups is 1. The van der Waals surface area contributed by atoms with Crippen LogP contribution in [-0.4, -0.2) is 34.2 Å². The molecule has 2 heterocycles. The van der Waals surface area contributed by atoms with E-state index >= 15 is 0 Å². The molecule has 0 bridgehead atoms. The molecule has 3 rings (SSSR count). The first-order chi connectivity index (χ1) is 10.2. The molecular weight excluding hydrogens is 266 g/mol. The van der Waals surface area contributed by atoms with E-state index in [0.29, 0.717) is 11.7 Å². The lowest BCUT2D eigenvalue weighted by Gasteiger charge is -2.20. The third-order valence-corrected chi connectivity index (χ3v) is 3.65. The number of amides is 1. The Morgan fingerprint density at radius 2 is 2.14 bits per heavy atom. The number of nitrogens with one attached hydrogen (secondary N) is 3. The number of aromatic amines is 1. The highest BCUT2D eigenvalue weighted by Crippen LogP contribution is 2.23. The third kappa shape index (κ3) is 3.28. The summed E-state index contributed by atoms with van der Waals surface area (Å²) in [6.45, 7) is 3.53. The normalized spacial score (nSPS) is 18.4. The second kappa shape index (κ2) is 6.05. The molecule has 1 atom stereocenters. The maximum atomic E-state index is 11.0. The van der Waals surface area contributed by atoms with Crippen LogP contribution in [0.4, 0.5) is 5.69 Å². The Balaban J connectivity index is 1.74. The second-order valence-electron chi connectivity index (χ2n) is 5.35. The molecule has 1 aromatic carbocycles. The Hall–Kier alpha value is -2.21. The fraction of sp³-hybridized carbons (Fsp3) is 0.400. The number of benzene rings is 1. The van der Waals surface area contributed by atoms with Crippen LogP contribution in [0.5, 0.6) is 0 Å². The van der Waals surface area contributed by atoms with Gasteiger partial charge in [-0.1, -0.05) is 0 Å². The van der Waals surface area contributed by atoms with E-state index in [1.165, 1.54) is 13.3 Å². The topological polar surface area (TPSA) is 82.7 Å². The first-order valence-electron chi connectivity index (χ1n) is 7.23. The number of piperidine rings is 1. The number of nitrogens with zero attached hydrogens (tertiary/aromatic N) is 2. The molecule has 2 aromatic rings. The number of rotatable bonds is 3. The molecule has 21 heavy (non-hydrogen) atoms. The van der Waals surface area contributed by atoms with Gasteiger partial charge in [-0.15, -0.1) is 0 Å². The molecule has 6 nitrogen and oxygen atoms in total. The number of hydrogen-bond acceptors (Lipinski definition) is 4. The molecule has 6 heteroatoms. The first kappa shape index (κ1) is 13.8. The van der Waals surface area contributed by atoms with Crippen LogP contribution < -0.4 is 10.6 Å². The van der Waals surface area contributed by atoms with Gasteiger partial charge in [0.05, 0.1) is 0 Å². The molecule has 1 amide bonds. The van der Waals surface area contributed by atoms with Gasteiger partial charge < -0.3 is 10.6 Å². The van der Waals surface area contributed by atoms with E-state index in [4.69, 9.17) is 0 Å². The summed E-state index contributed by atoms with van der Waals surface area (Å²) in [6.07, 6.45) is 2.31. The molecule has 1 aliphatic heterocycles. The van der Waals surface area contributed by atoms with Crippen LogP contribution in [0.1, 0.15) is 31.5 Å². The van der Waals surface area contributed by atoms with E-state index < -0.39 is 0 Å². The first-order valence-corrected chi connectivity index (χ1v) is 7.23. The van der Waals surface area contributed by atoms with Gasteiger partial charge in [-0.05, 0) is 43.7 Å². The third-order valence-electron chi connectivity index (χ3n) is 3.65. The monoisotopic (exact) mass is 285 g/mol. The zero-order valence-corrected chi connectivity index (χ0v) is 12.0. The van der Waals surface area contributed by atoms with Gasteiger partial charge in [-0.25, -0.2) is 4.98 Å². The number of hydrogen-bond donors (Lipinski definition) is 3. The van der Waals surface area contributed by atoms with Crippen LogP contribution >= 0.6 is 0 Å². The van der Waals surface area contributed by atoms with E-state index in [-0.39, 0.29) is 5.91 Å². The van der Waals surface area contributed by atoms with Crippen molar-refractivity contribution in [2.24, 2.45) is 0 Å². The number of aromatic nitrogens is 3. The van der Waals surface area contributed by atoms with Gasteiger partial charge in [0.25, 0.3) is 0 Å². The zero-order chi connectivity index (χ0) is 14.7. The van der Waals surface area contributed by atoms with E-state index in [1.54, 1.807) is 0 Å². The van der Waals surface area contributed by atoms with Gasteiger partial charge in [0.2, 0.25) is 5.91 Å². The summed E-state index contributed by atoms with van der Waals surface area (Å²) in [7, 11) is 0. The fourth-order valence-electron chi connectivity index (χ4n) is 2.58. The van der Waals surface area contributed by atoms with Crippen molar-refractivity contribution < 1.29 is 4.79 Å². The average Bonchev–Trinajstić information content (AvgIpc) is 2.98. The minimum Gasteiger partial charge on any atom is -0.326 e. The molecule has 1 fully saturated rings. The summed E-state index contributed by atoms with van der Waals surface area (Å²) in [5.74, 6) is 1.99. The standard InChI is InChI=1S/C15H19N5O/c1-10(21)17-13-6-4-11(5-7-13)14-18-15(20-19-14)12-3-2-8-16-9-12/h4-7,12,16H,2-3,8-9H2,1H3,(H,17,21)(H,18,19,20). The summed E-state index contributed by atoms with van der Waals surface area (Å²) >= 11 is 0. The second-order valence-corrected chi connectivity index (χ2v) is 5.35. The molecule has 1 unspecified atom stereocenters. The molecule has 0 aliphatic carbocycles. The van der Waals surface area contributed by atoms with Crippen LogP contribution in [0.25, 0.3) is 11.4 Å². The van der Waals surface area contributed by atoms with Gasteiger partial charge in [0.15, 0.2) is 5.82 Å². The molecular formula is C15H19N5O.